The Bertz CT molecular complexity index is 1900. The first-order valence-corrected chi connectivity index (χ1v) is 20.8. The molecule has 0 saturated carbocycles. The van der Waals surface area contributed by atoms with E-state index in [-0.39, 0.29) is 12.8 Å². The number of halogens is 1. The number of hydrogen-bond acceptors (Lipinski definition) is 10. The molecule has 14 heteroatoms. The highest BCUT2D eigenvalue weighted by Gasteiger charge is 2.29. The maximum atomic E-state index is 11.2. The average Bonchev–Trinajstić information content (AvgIpc) is 3.58. The van der Waals surface area contributed by atoms with Crippen molar-refractivity contribution in [3.05, 3.63) is 82.6 Å². The van der Waals surface area contributed by atoms with Gasteiger partial charge in [0.05, 0.1) is 32.0 Å². The van der Waals surface area contributed by atoms with Crippen LogP contribution in [0.15, 0.2) is 72.6 Å². The van der Waals surface area contributed by atoms with Crippen molar-refractivity contribution in [2.45, 2.75) is 59.9 Å². The van der Waals surface area contributed by atoms with Crippen LogP contribution in [0.2, 0.25) is 5.02 Å². The molecule has 0 spiro atoms. The minimum absolute atomic E-state index is 0.216. The maximum Gasteiger partial charge on any atom is 0.268 e. The summed E-state index contributed by atoms with van der Waals surface area (Å²) in [5.41, 5.74) is 3.73. The number of nitrogens with one attached hydrogen (secondary N) is 1. The smallest absolute Gasteiger partial charge is 0.268 e. The van der Waals surface area contributed by atoms with Crippen LogP contribution in [0.4, 0.5) is 5.69 Å². The van der Waals surface area contributed by atoms with Crippen molar-refractivity contribution in [3.63, 3.8) is 0 Å². The molecule has 49 heavy (non-hydrogen) atoms. The van der Waals surface area contributed by atoms with Crippen molar-refractivity contribution < 1.29 is 35.2 Å². The van der Waals surface area contributed by atoms with E-state index in [0.29, 0.717) is 42.6 Å². The van der Waals surface area contributed by atoms with E-state index < -0.39 is 31.7 Å². The molecule has 0 amide bonds. The average molecular weight is 751 g/mol. The molecule has 0 aliphatic carbocycles. The van der Waals surface area contributed by atoms with Gasteiger partial charge in [0.25, 0.3) is 5.01 Å². The second-order valence-corrected chi connectivity index (χ2v) is 15.4. The van der Waals surface area contributed by atoms with Crippen molar-refractivity contribution in [2.24, 2.45) is 0 Å². The van der Waals surface area contributed by atoms with E-state index in [0.717, 1.165) is 45.1 Å². The predicted octanol–water partition coefficient (Wildman–Crippen LogP) is 7.00. The lowest BCUT2D eigenvalue weighted by Crippen LogP contribution is -2.35. The van der Waals surface area contributed by atoms with Gasteiger partial charge in [-0.1, -0.05) is 87.0 Å². The highest BCUT2D eigenvalue weighted by Crippen LogP contribution is 2.42. The van der Waals surface area contributed by atoms with Crippen molar-refractivity contribution in [1.29, 1.82) is 0 Å². The minimum atomic E-state index is -4.31. The molecule has 1 aliphatic rings. The summed E-state index contributed by atoms with van der Waals surface area (Å²) in [5.74, 6) is 0.317. The van der Waals surface area contributed by atoms with Crippen LogP contribution in [0.5, 0.6) is 5.75 Å². The van der Waals surface area contributed by atoms with Crippen LogP contribution in [0.1, 0.15) is 58.4 Å². The Hall–Kier alpha value is -3.04. The van der Waals surface area contributed by atoms with Gasteiger partial charge in [0, 0.05) is 35.6 Å². The molecule has 1 aliphatic heterocycles. The third-order valence-electron chi connectivity index (χ3n) is 7.33. The van der Waals surface area contributed by atoms with Crippen molar-refractivity contribution >= 4 is 65.2 Å². The lowest BCUT2D eigenvalue weighted by atomic mass is 10.0. The van der Waals surface area contributed by atoms with Gasteiger partial charge in [-0.2, -0.15) is 4.57 Å². The van der Waals surface area contributed by atoms with Crippen LogP contribution in [-0.2, 0) is 26.8 Å². The number of nitrogens with zero attached hydrogens (tertiary/aromatic N) is 2. The van der Waals surface area contributed by atoms with Crippen LogP contribution in [0.25, 0.3) is 27.4 Å². The summed E-state index contributed by atoms with van der Waals surface area (Å²) in [6.45, 7) is 11.3. The van der Waals surface area contributed by atoms with Crippen LogP contribution < -0.4 is 19.5 Å². The number of aromatic nitrogens is 1. The second kappa shape index (κ2) is 19.4. The van der Waals surface area contributed by atoms with Gasteiger partial charge in [0.15, 0.2) is 12.3 Å². The van der Waals surface area contributed by atoms with Crippen molar-refractivity contribution in [2.75, 3.05) is 36.0 Å². The molecule has 0 radical (unpaired) electrons. The van der Waals surface area contributed by atoms with Gasteiger partial charge in [-0.3, -0.25) is 0 Å². The number of fused-ring (bicyclic) bond motifs is 2. The van der Waals surface area contributed by atoms with Gasteiger partial charge >= 0.3 is 0 Å². The molecular weight excluding hydrogens is 706 g/mol. The summed E-state index contributed by atoms with van der Waals surface area (Å²) in [6, 6.07) is 21.4. The Kier molecular flexibility index (Phi) is 16.0. The lowest BCUT2D eigenvalue weighted by Gasteiger charge is -2.19. The fourth-order valence-corrected chi connectivity index (χ4v) is 7.49. The number of unbranched alkanes of at least 4 members (excludes halogenated alkanes) is 2. The maximum absolute atomic E-state index is 11.2. The first-order valence-electron chi connectivity index (χ1n) is 16.4. The molecule has 4 aromatic rings. The Morgan fingerprint density at radius 3 is 2.12 bits per heavy atom. The molecule has 268 valence electrons. The van der Waals surface area contributed by atoms with Gasteiger partial charge in [-0.05, 0) is 67.7 Å². The minimum Gasteiger partial charge on any atom is -0.748 e. The van der Waals surface area contributed by atoms with Crippen molar-refractivity contribution in [1.82, 2.24) is 5.32 Å². The molecule has 3 aromatic carbocycles. The normalized spacial score (nSPS) is 13.4. The molecule has 2 heterocycles. The van der Waals surface area contributed by atoms with Crippen LogP contribution >= 0.6 is 22.9 Å². The lowest BCUT2D eigenvalue weighted by molar-refractivity contribution is -0.669. The zero-order valence-electron chi connectivity index (χ0n) is 28.4. The summed E-state index contributed by atoms with van der Waals surface area (Å²) in [5, 5.41) is 4.50. The molecule has 0 atom stereocenters. The predicted molar refractivity (Wildman–Crippen MR) is 198 cm³/mol. The SMILES string of the molecule is CC.CCNCC.O=S(=O)([O-])CCCCN1/C(=C/c2sc3ccc(Cl)cc3[n+]2CCCCS(=O)(=O)[O-])Oc2ccc(-c3ccccc3)cc21. The fraction of sp³-hybridized carbons (Fsp3) is 0.400. The number of rotatable bonds is 14. The fourth-order valence-electron chi connectivity index (χ4n) is 5.11. The molecule has 1 aromatic heterocycles. The third-order valence-corrected chi connectivity index (χ3v) is 10.3. The molecular formula is C35H45ClN3O7S3-. The van der Waals surface area contributed by atoms with Crippen molar-refractivity contribution in [3.8, 4) is 16.9 Å². The van der Waals surface area contributed by atoms with Gasteiger partial charge in [-0.25, -0.2) is 16.8 Å². The molecule has 0 bridgehead atoms. The first-order chi connectivity index (χ1) is 23.4. The third kappa shape index (κ3) is 12.7. The molecule has 0 unspecified atom stereocenters. The number of ether oxygens (including phenoxy) is 1. The molecule has 0 fully saturated rings. The highest BCUT2D eigenvalue weighted by molar-refractivity contribution is 7.85. The van der Waals surface area contributed by atoms with Gasteiger partial charge in [0.1, 0.15) is 4.70 Å². The Labute approximate surface area is 299 Å². The summed E-state index contributed by atoms with van der Waals surface area (Å²) < 4.78 is 76.2. The highest BCUT2D eigenvalue weighted by atomic mass is 35.5. The van der Waals surface area contributed by atoms with Crippen LogP contribution in [0, 0.1) is 0 Å². The topological polar surface area (TPSA) is 143 Å². The molecule has 0 saturated heterocycles. The zero-order chi connectivity index (χ0) is 36.0. The zero-order valence-corrected chi connectivity index (χ0v) is 31.6. The largest absolute Gasteiger partial charge is 0.748 e. The number of benzene rings is 3. The Balaban J connectivity index is 0.000000852. The van der Waals surface area contributed by atoms with Gasteiger partial charge in [0.2, 0.25) is 11.4 Å². The van der Waals surface area contributed by atoms with E-state index in [1.165, 1.54) is 11.3 Å². The Morgan fingerprint density at radius 1 is 0.857 bits per heavy atom. The van der Waals surface area contributed by atoms with Crippen LogP contribution in [0.3, 0.4) is 0 Å². The van der Waals surface area contributed by atoms with Crippen LogP contribution in [-0.4, -0.2) is 57.1 Å². The number of hydrogen-bond donors (Lipinski definition) is 1. The molecule has 10 nitrogen and oxygen atoms in total. The van der Waals surface area contributed by atoms with E-state index in [1.54, 1.807) is 6.07 Å². The molecule has 5 rings (SSSR count). The van der Waals surface area contributed by atoms with E-state index in [1.807, 2.05) is 90.1 Å². The van der Waals surface area contributed by atoms with E-state index >= 15 is 0 Å². The van der Waals surface area contributed by atoms with Gasteiger partial charge < -0.3 is 24.1 Å². The summed E-state index contributed by atoms with van der Waals surface area (Å²) >= 11 is 7.82. The summed E-state index contributed by atoms with van der Waals surface area (Å²) in [4.78, 5) is 1.98. The van der Waals surface area contributed by atoms with E-state index in [9.17, 15) is 25.9 Å². The number of thiazole rings is 1. The number of aryl methyl sites for hydroxylation is 1. The quantitative estimate of drug-likeness (QED) is 0.0819. The summed E-state index contributed by atoms with van der Waals surface area (Å²) in [6.07, 6.45) is 3.26. The standard InChI is InChI=1S/C29H29ClN2O7S3.C4H11N.C2H6/c30-23-11-13-27-25(19-23)32(15-5-7-17-42(36,37)38)29(40-27)20-28-31(14-4-6-16-41(33,34)35)24-18-22(10-12-26(24)39-28)21-8-2-1-3-9-21;1-3-5-4-2;1-2/h1-3,8-13,18-20H,4-7,14-17H2,(H-,33,34,35,36,37,38);5H,3-4H2,1-2H3;1-2H3/p-1. The molecule has 1 N–H and O–H groups in total. The number of anilines is 1. The summed E-state index contributed by atoms with van der Waals surface area (Å²) in [7, 11) is -8.61. The monoisotopic (exact) mass is 750 g/mol. The first kappa shape index (κ1) is 40.4. The van der Waals surface area contributed by atoms with Gasteiger partial charge in [-0.15, -0.1) is 0 Å². The van der Waals surface area contributed by atoms with E-state index in [4.69, 9.17) is 16.3 Å². The second-order valence-electron chi connectivity index (χ2n) is 10.9. The van der Waals surface area contributed by atoms with E-state index in [2.05, 4.69) is 19.2 Å². The Morgan fingerprint density at radius 2 is 1.51 bits per heavy atom.